The molecule has 1 unspecified atom stereocenters. The molecule has 6 aromatic rings. The molecule has 0 saturated heterocycles. The molecule has 2 aliphatic rings. The fourth-order valence-electron chi connectivity index (χ4n) is 7.15. The number of phenols is 4. The third-order valence-corrected chi connectivity index (χ3v) is 9.45. The fraction of sp³-hybridized carbons (Fsp3) is 0.211. The first-order valence-corrected chi connectivity index (χ1v) is 15.6. The third kappa shape index (κ3) is 4.28. The lowest BCUT2D eigenvalue weighted by molar-refractivity contribution is 0.0461. The van der Waals surface area contributed by atoms with Crippen LogP contribution in [0.5, 0.6) is 40.2 Å². The minimum atomic E-state index is -1.08. The molecule has 8 rings (SSSR count). The number of rotatable bonds is 2. The Morgan fingerprint density at radius 3 is 2.16 bits per heavy atom. The molecule has 4 N–H and O–H groups in total. The van der Waals surface area contributed by atoms with Gasteiger partial charge < -0.3 is 43.8 Å². The second kappa shape index (κ2) is 9.96. The van der Waals surface area contributed by atoms with Crippen molar-refractivity contribution in [3.63, 3.8) is 0 Å². The molecule has 0 saturated carbocycles. The number of hydrogen-bond acceptors (Lipinski definition) is 9. The number of aryl methyl sites for hydroxylation is 2. The van der Waals surface area contributed by atoms with Crippen molar-refractivity contribution in [3.05, 3.63) is 86.2 Å². The van der Waals surface area contributed by atoms with E-state index in [1.165, 1.54) is 12.1 Å². The molecule has 0 aliphatic carbocycles. The Morgan fingerprint density at radius 2 is 1.41 bits per heavy atom. The Kier molecular flexibility index (Phi) is 6.15. The fourth-order valence-corrected chi connectivity index (χ4v) is 7.15. The molecule has 49 heavy (non-hydrogen) atoms. The van der Waals surface area contributed by atoms with Gasteiger partial charge in [-0.2, -0.15) is 0 Å². The second-order valence-corrected chi connectivity index (χ2v) is 13.4. The summed E-state index contributed by atoms with van der Waals surface area (Å²) >= 11 is 0. The van der Waals surface area contributed by atoms with Crippen molar-refractivity contribution < 1.29 is 34.6 Å². The molecule has 1 atom stereocenters. The van der Waals surface area contributed by atoms with E-state index in [9.17, 15) is 30.0 Å². The number of ether oxygens (including phenoxy) is 3. The van der Waals surface area contributed by atoms with Crippen molar-refractivity contribution in [2.45, 2.75) is 32.0 Å². The van der Waals surface area contributed by atoms with E-state index in [1.54, 1.807) is 66.6 Å². The topological polar surface area (TPSA) is 153 Å². The summed E-state index contributed by atoms with van der Waals surface area (Å²) in [6, 6.07) is 10.4. The number of pyridine rings is 2. The lowest BCUT2D eigenvalue weighted by Crippen LogP contribution is -2.40. The molecular weight excluding hydrogens is 628 g/mol. The predicted octanol–water partition coefficient (Wildman–Crippen LogP) is 5.95. The molecule has 0 bridgehead atoms. The van der Waals surface area contributed by atoms with Gasteiger partial charge in [0.1, 0.15) is 41.0 Å². The molecule has 2 aromatic heterocycles. The maximum atomic E-state index is 13.8. The highest BCUT2D eigenvalue weighted by Gasteiger charge is 2.34. The van der Waals surface area contributed by atoms with E-state index in [4.69, 9.17) is 14.2 Å². The van der Waals surface area contributed by atoms with Gasteiger partial charge in [0, 0.05) is 37.4 Å². The van der Waals surface area contributed by atoms with Crippen LogP contribution < -0.4 is 25.1 Å². The van der Waals surface area contributed by atoms with E-state index in [2.05, 4.69) is 0 Å². The van der Waals surface area contributed by atoms with Crippen molar-refractivity contribution in [1.82, 2.24) is 9.13 Å². The maximum absolute atomic E-state index is 13.8. The van der Waals surface area contributed by atoms with Crippen LogP contribution >= 0.6 is 0 Å². The van der Waals surface area contributed by atoms with Crippen LogP contribution in [0.2, 0.25) is 0 Å². The third-order valence-electron chi connectivity index (χ3n) is 9.45. The Balaban J connectivity index is 1.27. The minimum absolute atomic E-state index is 0.00833. The van der Waals surface area contributed by atoms with Crippen LogP contribution in [-0.4, -0.2) is 47.4 Å². The quantitative estimate of drug-likeness (QED) is 0.165. The van der Waals surface area contributed by atoms with Crippen LogP contribution in [0.1, 0.15) is 31.9 Å². The minimum Gasteiger partial charge on any atom is -0.507 e. The van der Waals surface area contributed by atoms with Crippen LogP contribution in [0.15, 0.2) is 64.2 Å². The van der Waals surface area contributed by atoms with Gasteiger partial charge in [-0.05, 0) is 69.3 Å². The lowest BCUT2D eigenvalue weighted by atomic mass is 9.97. The summed E-state index contributed by atoms with van der Waals surface area (Å²) in [5.74, 6) is 0.196. The molecule has 0 fully saturated rings. The zero-order valence-electron chi connectivity index (χ0n) is 27.3. The SMILES string of the molecule is Cn1c2c3c(ccc2c(=O)c2c(O)cc4c(c21)C=CC(C)(C)O4)OC(C)(/C=C/c1c(O)cc(O)c2c(=O)c4cccc(O)c4n(C)c12)CO3. The van der Waals surface area contributed by atoms with Gasteiger partial charge in [-0.3, -0.25) is 9.59 Å². The van der Waals surface area contributed by atoms with E-state index in [0.29, 0.717) is 39.2 Å². The zero-order chi connectivity index (χ0) is 34.7. The molecule has 0 spiro atoms. The standard InChI is InChI=1S/C38H32N2O9/c1-37(2)13-11-19-27(48-37)16-25(44)29-32(19)40(5)33-21(35(29)46)9-10-26-36(33)47-17-38(3,49-26)14-12-18-23(42)15-24(43)28-31(18)39(4)30-20(34(28)45)7-6-8-22(30)41/h6-16,41-44H,17H2,1-5H3/b14-12+. The van der Waals surface area contributed by atoms with Gasteiger partial charge >= 0.3 is 0 Å². The highest BCUT2D eigenvalue weighted by molar-refractivity contribution is 6.05. The van der Waals surface area contributed by atoms with Gasteiger partial charge in [-0.1, -0.05) is 6.07 Å². The predicted molar refractivity (Wildman–Crippen MR) is 187 cm³/mol. The lowest BCUT2D eigenvalue weighted by Gasteiger charge is -2.34. The van der Waals surface area contributed by atoms with Crippen molar-refractivity contribution in [3.8, 4) is 40.2 Å². The first-order valence-electron chi connectivity index (χ1n) is 15.6. The average molecular weight is 661 g/mol. The number of hydrogen-bond donors (Lipinski definition) is 4. The van der Waals surface area contributed by atoms with Crippen molar-refractivity contribution in [2.75, 3.05) is 6.61 Å². The number of benzene rings is 4. The molecule has 4 aromatic carbocycles. The molecule has 4 heterocycles. The van der Waals surface area contributed by atoms with E-state index in [0.717, 1.165) is 6.07 Å². The Labute approximate surface area is 278 Å². The number of nitrogens with zero attached hydrogens (tertiary/aromatic N) is 2. The summed E-state index contributed by atoms with van der Waals surface area (Å²) in [5, 5.41) is 44.0. The highest BCUT2D eigenvalue weighted by Crippen LogP contribution is 2.45. The average Bonchev–Trinajstić information content (AvgIpc) is 3.03. The first kappa shape index (κ1) is 30.2. The van der Waals surface area contributed by atoms with Gasteiger partial charge in [0.2, 0.25) is 10.9 Å². The number of phenolic OH excluding ortho intramolecular Hbond substituents is 4. The first-order chi connectivity index (χ1) is 23.2. The van der Waals surface area contributed by atoms with Crippen LogP contribution in [0, 0.1) is 0 Å². The van der Waals surface area contributed by atoms with Gasteiger partial charge in [0.15, 0.2) is 17.1 Å². The van der Waals surface area contributed by atoms with E-state index in [-0.39, 0.29) is 62.0 Å². The van der Waals surface area contributed by atoms with E-state index >= 15 is 0 Å². The normalized spacial score (nSPS) is 18.1. The summed E-state index contributed by atoms with van der Waals surface area (Å²) in [6.07, 6.45) is 7.06. The highest BCUT2D eigenvalue weighted by atomic mass is 16.6. The Morgan fingerprint density at radius 1 is 0.735 bits per heavy atom. The monoisotopic (exact) mass is 660 g/mol. The van der Waals surface area contributed by atoms with Crippen LogP contribution in [0.25, 0.3) is 55.8 Å². The molecule has 11 nitrogen and oxygen atoms in total. The zero-order valence-corrected chi connectivity index (χ0v) is 27.3. The molecule has 0 radical (unpaired) electrons. The second-order valence-electron chi connectivity index (χ2n) is 13.4. The Bertz CT molecular complexity index is 2660. The summed E-state index contributed by atoms with van der Waals surface area (Å²) in [7, 11) is 3.43. The van der Waals surface area contributed by atoms with Gasteiger partial charge in [0.25, 0.3) is 0 Å². The van der Waals surface area contributed by atoms with Gasteiger partial charge in [0.05, 0.1) is 43.6 Å². The number of aromatic hydroxyl groups is 4. The number of fused-ring (bicyclic) bond motifs is 8. The summed E-state index contributed by atoms with van der Waals surface area (Å²) in [6.45, 7) is 5.60. The van der Waals surface area contributed by atoms with Gasteiger partial charge in [-0.25, -0.2) is 0 Å². The molecule has 11 heteroatoms. The van der Waals surface area contributed by atoms with Crippen LogP contribution in [-0.2, 0) is 14.1 Å². The van der Waals surface area contributed by atoms with Crippen molar-refractivity contribution in [2.24, 2.45) is 14.1 Å². The largest absolute Gasteiger partial charge is 0.507 e. The molecule has 0 amide bonds. The van der Waals surface area contributed by atoms with Crippen molar-refractivity contribution >= 4 is 55.8 Å². The summed E-state index contributed by atoms with van der Waals surface area (Å²) < 4.78 is 22.3. The molecular formula is C38H32N2O9. The smallest absolute Gasteiger partial charge is 0.201 e. The summed E-state index contributed by atoms with van der Waals surface area (Å²) in [4.78, 5) is 27.3. The summed E-state index contributed by atoms with van der Waals surface area (Å²) in [5.41, 5.74) is -0.199. The van der Waals surface area contributed by atoms with Crippen LogP contribution in [0.4, 0.5) is 0 Å². The number of aromatic nitrogens is 2. The molecule has 2 aliphatic heterocycles. The van der Waals surface area contributed by atoms with Crippen molar-refractivity contribution in [1.29, 1.82) is 0 Å². The number of para-hydroxylation sites is 1. The van der Waals surface area contributed by atoms with E-state index < -0.39 is 22.4 Å². The Hall–Kier alpha value is -6.10. The van der Waals surface area contributed by atoms with E-state index in [1.807, 2.05) is 26.0 Å². The molecule has 248 valence electrons. The maximum Gasteiger partial charge on any atom is 0.201 e. The van der Waals surface area contributed by atoms with Crippen LogP contribution in [0.3, 0.4) is 0 Å². The van der Waals surface area contributed by atoms with Gasteiger partial charge in [-0.15, -0.1) is 0 Å².